The minimum Gasteiger partial charge on any atom is -0.280 e. The molecule has 0 saturated heterocycles. The number of nitrogens with one attached hydrogen (secondary N) is 2. The van der Waals surface area contributed by atoms with Gasteiger partial charge in [-0.1, -0.05) is 18.2 Å². The Morgan fingerprint density at radius 2 is 1.62 bits per heavy atom. The van der Waals surface area contributed by atoms with Gasteiger partial charge in [0, 0.05) is 17.3 Å². The zero-order valence-corrected chi connectivity index (χ0v) is 15.5. The second kappa shape index (κ2) is 6.76. The predicted octanol–water partition coefficient (Wildman–Crippen LogP) is 3.16. The quantitative estimate of drug-likeness (QED) is 0.739. The van der Waals surface area contributed by atoms with Gasteiger partial charge in [-0.3, -0.25) is 9.52 Å². The fraction of sp³-hybridized carbons (Fsp3) is 0.158. The number of nitrogens with zero attached hydrogens (tertiary/aromatic N) is 1. The number of hydrogen-bond acceptors (Lipinski definition) is 4. The topological polar surface area (TPSA) is 91.9 Å². The third-order valence-corrected chi connectivity index (χ3v) is 5.73. The van der Waals surface area contributed by atoms with Crippen molar-refractivity contribution in [2.45, 2.75) is 25.7 Å². The first-order valence-electron chi connectivity index (χ1n) is 8.03. The Balaban J connectivity index is 2.01. The number of sulfonamides is 1. The average molecular weight is 369 g/mol. The highest BCUT2D eigenvalue weighted by Gasteiger charge is 2.18. The molecule has 6 nitrogen and oxygen atoms in total. The molecule has 0 atom stereocenters. The van der Waals surface area contributed by atoms with E-state index in [9.17, 15) is 13.2 Å². The Bertz CT molecular complexity index is 1110. The smallest absolute Gasteiger partial charge is 0.264 e. The van der Waals surface area contributed by atoms with Gasteiger partial charge in [-0.05, 0) is 61.7 Å². The number of aromatic amines is 1. The molecule has 0 fully saturated rings. The molecule has 1 heterocycles. The Morgan fingerprint density at radius 3 is 2.27 bits per heavy atom. The first kappa shape index (κ1) is 17.9. The van der Waals surface area contributed by atoms with Crippen LogP contribution in [0.15, 0.2) is 58.2 Å². The highest BCUT2D eigenvalue weighted by molar-refractivity contribution is 7.92. The van der Waals surface area contributed by atoms with E-state index in [-0.39, 0.29) is 10.5 Å². The van der Waals surface area contributed by atoms with Gasteiger partial charge in [-0.25, -0.2) is 13.5 Å². The van der Waals surface area contributed by atoms with Crippen LogP contribution in [0.5, 0.6) is 0 Å². The number of aromatic nitrogens is 2. The molecule has 0 aliphatic rings. The molecule has 0 bridgehead atoms. The molecule has 3 rings (SSSR count). The molecule has 134 valence electrons. The van der Waals surface area contributed by atoms with Crippen molar-refractivity contribution in [3.63, 3.8) is 0 Å². The fourth-order valence-corrected chi connectivity index (χ4v) is 3.89. The number of aryl methyl sites for hydroxylation is 3. The van der Waals surface area contributed by atoms with E-state index in [1.54, 1.807) is 43.3 Å². The molecule has 2 aromatic carbocycles. The molecule has 0 aliphatic heterocycles. The molecule has 2 N–H and O–H groups in total. The number of hydrogen-bond donors (Lipinski definition) is 2. The lowest BCUT2D eigenvalue weighted by Crippen LogP contribution is -2.14. The molecule has 0 spiro atoms. The summed E-state index contributed by atoms with van der Waals surface area (Å²) in [6, 6.07) is 13.4. The summed E-state index contributed by atoms with van der Waals surface area (Å²) in [5.74, 6) is 0. The van der Waals surface area contributed by atoms with E-state index in [1.165, 1.54) is 6.07 Å². The normalized spacial score (nSPS) is 11.3. The first-order valence-corrected chi connectivity index (χ1v) is 9.51. The second-order valence-electron chi connectivity index (χ2n) is 6.19. The van der Waals surface area contributed by atoms with Crippen LogP contribution in [-0.2, 0) is 10.0 Å². The van der Waals surface area contributed by atoms with Crippen LogP contribution in [0.1, 0.15) is 16.7 Å². The minimum atomic E-state index is -3.76. The number of H-pyrrole nitrogens is 1. The maximum absolute atomic E-state index is 12.9. The maximum Gasteiger partial charge on any atom is 0.264 e. The summed E-state index contributed by atoms with van der Waals surface area (Å²) in [4.78, 5) is 11.3. The zero-order chi connectivity index (χ0) is 18.9. The van der Waals surface area contributed by atoms with Crippen LogP contribution in [0.3, 0.4) is 0 Å². The van der Waals surface area contributed by atoms with Crippen LogP contribution >= 0.6 is 0 Å². The minimum absolute atomic E-state index is 0.168. The van der Waals surface area contributed by atoms with Crippen molar-refractivity contribution in [3.05, 3.63) is 75.6 Å². The van der Waals surface area contributed by atoms with E-state index in [0.29, 0.717) is 22.5 Å². The highest BCUT2D eigenvalue weighted by atomic mass is 32.2. The van der Waals surface area contributed by atoms with Gasteiger partial charge >= 0.3 is 0 Å². The van der Waals surface area contributed by atoms with Gasteiger partial charge in [0.15, 0.2) is 0 Å². The van der Waals surface area contributed by atoms with Crippen molar-refractivity contribution in [2.24, 2.45) is 0 Å². The average Bonchev–Trinajstić information content (AvgIpc) is 2.59. The molecule has 0 unspecified atom stereocenters. The summed E-state index contributed by atoms with van der Waals surface area (Å²) in [6.45, 7) is 5.64. The second-order valence-corrected chi connectivity index (χ2v) is 7.84. The monoisotopic (exact) mass is 369 g/mol. The van der Waals surface area contributed by atoms with Crippen LogP contribution in [0, 0.1) is 20.8 Å². The highest BCUT2D eigenvalue weighted by Crippen LogP contribution is 2.25. The van der Waals surface area contributed by atoms with E-state index >= 15 is 0 Å². The molecule has 0 aliphatic carbocycles. The van der Waals surface area contributed by atoms with Gasteiger partial charge in [0.1, 0.15) is 0 Å². The molecule has 0 amide bonds. The van der Waals surface area contributed by atoms with E-state index in [2.05, 4.69) is 14.9 Å². The zero-order valence-electron chi connectivity index (χ0n) is 14.7. The molecular formula is C19H19N3O3S. The summed E-state index contributed by atoms with van der Waals surface area (Å²) in [5, 5.41) is 6.31. The molecular weight excluding hydrogens is 350 g/mol. The van der Waals surface area contributed by atoms with Crippen LogP contribution in [0.4, 0.5) is 5.69 Å². The Morgan fingerprint density at radius 1 is 0.885 bits per heavy atom. The lowest BCUT2D eigenvalue weighted by atomic mass is 10.1. The molecule has 7 heteroatoms. The Labute approximate surface area is 152 Å². The predicted molar refractivity (Wildman–Crippen MR) is 102 cm³/mol. The summed E-state index contributed by atoms with van der Waals surface area (Å²) in [7, 11) is -3.76. The van der Waals surface area contributed by atoms with E-state index in [1.807, 2.05) is 19.9 Å². The van der Waals surface area contributed by atoms with Gasteiger partial charge in [0.05, 0.1) is 10.6 Å². The largest absolute Gasteiger partial charge is 0.280 e. The van der Waals surface area contributed by atoms with E-state index in [0.717, 1.165) is 11.1 Å². The number of rotatable bonds is 4. The summed E-state index contributed by atoms with van der Waals surface area (Å²) in [5.41, 5.74) is 4.02. The summed E-state index contributed by atoms with van der Waals surface area (Å²) >= 11 is 0. The maximum atomic E-state index is 12.9. The van der Waals surface area contributed by atoms with Gasteiger partial charge in [-0.2, -0.15) is 5.10 Å². The standard InChI is InChI=1S/C19H19N3O3S/c1-12-5-7-16(10-14(12)3)22-26(24,25)18-11-15(6-4-13(18)2)17-8-9-19(23)21-20-17/h4-11,22H,1-3H3,(H,21,23). The van der Waals surface area contributed by atoms with Gasteiger partial charge in [0.2, 0.25) is 0 Å². The van der Waals surface area contributed by atoms with Gasteiger partial charge < -0.3 is 0 Å². The van der Waals surface area contributed by atoms with Crippen molar-refractivity contribution < 1.29 is 8.42 Å². The van der Waals surface area contributed by atoms with Crippen molar-refractivity contribution >= 4 is 15.7 Å². The van der Waals surface area contributed by atoms with Crippen molar-refractivity contribution in [1.82, 2.24) is 10.2 Å². The third kappa shape index (κ3) is 3.67. The molecule has 26 heavy (non-hydrogen) atoms. The Hall–Kier alpha value is -2.93. The number of benzene rings is 2. The SMILES string of the molecule is Cc1ccc(NS(=O)(=O)c2cc(-c3ccc(=O)[nH]n3)ccc2C)cc1C. The van der Waals surface area contributed by atoms with Crippen LogP contribution in [0.25, 0.3) is 11.3 Å². The van der Waals surface area contributed by atoms with Crippen LogP contribution < -0.4 is 10.3 Å². The van der Waals surface area contributed by atoms with Crippen molar-refractivity contribution in [3.8, 4) is 11.3 Å². The van der Waals surface area contributed by atoms with Crippen LogP contribution in [-0.4, -0.2) is 18.6 Å². The summed E-state index contributed by atoms with van der Waals surface area (Å²) in [6.07, 6.45) is 0. The van der Waals surface area contributed by atoms with Gasteiger partial charge in [0.25, 0.3) is 15.6 Å². The molecule has 1 aromatic heterocycles. The Kier molecular flexibility index (Phi) is 4.65. The number of anilines is 1. The van der Waals surface area contributed by atoms with Crippen molar-refractivity contribution in [2.75, 3.05) is 4.72 Å². The van der Waals surface area contributed by atoms with Gasteiger partial charge in [-0.15, -0.1) is 0 Å². The lowest BCUT2D eigenvalue weighted by molar-refractivity contribution is 0.600. The fourth-order valence-electron chi connectivity index (χ4n) is 2.57. The van der Waals surface area contributed by atoms with Crippen molar-refractivity contribution in [1.29, 1.82) is 0 Å². The van der Waals surface area contributed by atoms with E-state index < -0.39 is 10.0 Å². The summed E-state index contributed by atoms with van der Waals surface area (Å²) < 4.78 is 28.4. The van der Waals surface area contributed by atoms with Crippen LogP contribution in [0.2, 0.25) is 0 Å². The first-order chi connectivity index (χ1) is 12.3. The molecule has 3 aromatic rings. The van der Waals surface area contributed by atoms with E-state index in [4.69, 9.17) is 0 Å². The third-order valence-electron chi connectivity index (χ3n) is 4.21. The molecule has 0 saturated carbocycles. The molecule has 0 radical (unpaired) electrons. The lowest BCUT2D eigenvalue weighted by Gasteiger charge is -2.13.